The minimum atomic E-state index is -0.800. The largest absolute Gasteiger partial charge is 0.297 e. The highest BCUT2D eigenvalue weighted by molar-refractivity contribution is 5.99. The molecule has 1 aromatic carbocycles. The number of halogens is 2. The van der Waals surface area contributed by atoms with Crippen LogP contribution in [0.5, 0.6) is 0 Å². The number of nitrogens with zero attached hydrogens (tertiary/aromatic N) is 3. The van der Waals surface area contributed by atoms with Crippen LogP contribution >= 0.6 is 0 Å². The van der Waals surface area contributed by atoms with Crippen LogP contribution in [-0.4, -0.2) is 9.38 Å². The first-order valence-electron chi connectivity index (χ1n) is 13.1. The smallest absolute Gasteiger partial charge is 0.252 e. The molecule has 0 N–H and O–H groups in total. The number of hydrogen-bond donors (Lipinski definition) is 0. The number of imidazole rings is 1. The summed E-state index contributed by atoms with van der Waals surface area (Å²) in [6.45, 7) is 17.8. The van der Waals surface area contributed by atoms with Gasteiger partial charge in [0.1, 0.15) is 11.2 Å². The van der Waals surface area contributed by atoms with E-state index in [1.54, 1.807) is 0 Å². The van der Waals surface area contributed by atoms with Gasteiger partial charge in [-0.1, -0.05) is 55.4 Å². The molecule has 0 saturated heterocycles. The van der Waals surface area contributed by atoms with Crippen molar-refractivity contribution in [2.45, 2.75) is 103 Å². The van der Waals surface area contributed by atoms with E-state index in [9.17, 15) is 8.78 Å². The van der Waals surface area contributed by atoms with E-state index in [0.717, 1.165) is 64.7 Å². The normalized spacial score (nSPS) is 23.9. The first kappa shape index (κ1) is 22.9. The Morgan fingerprint density at radius 1 is 0.914 bits per heavy atom. The SMILES string of the molecule is CCC12CCC1(CC)[n+]1c3cc(F)c(F)cc3n3c(C(C)(C)C)cc4nc(C(C)(C)C)cc2c4c31. The van der Waals surface area contributed by atoms with Gasteiger partial charge >= 0.3 is 0 Å². The van der Waals surface area contributed by atoms with Gasteiger partial charge in [-0.3, -0.25) is 4.98 Å². The Hall–Kier alpha value is -2.56. The maximum Gasteiger partial charge on any atom is 0.297 e. The minimum Gasteiger partial charge on any atom is -0.252 e. The van der Waals surface area contributed by atoms with Crippen LogP contribution in [-0.2, 0) is 21.8 Å². The van der Waals surface area contributed by atoms with E-state index in [2.05, 4.69) is 76.5 Å². The third-order valence-electron chi connectivity index (χ3n) is 9.23. The lowest BCUT2D eigenvalue weighted by atomic mass is 9.47. The molecule has 35 heavy (non-hydrogen) atoms. The van der Waals surface area contributed by atoms with Crippen molar-refractivity contribution in [3.05, 3.63) is 52.9 Å². The third-order valence-corrected chi connectivity index (χ3v) is 9.23. The zero-order valence-electron chi connectivity index (χ0n) is 22.2. The molecule has 2 unspecified atom stereocenters. The summed E-state index contributed by atoms with van der Waals surface area (Å²) in [6.07, 6.45) is 4.06. The van der Waals surface area contributed by atoms with Crippen LogP contribution in [0.3, 0.4) is 0 Å². The van der Waals surface area contributed by atoms with E-state index in [0.29, 0.717) is 0 Å². The quantitative estimate of drug-likeness (QED) is 0.277. The summed E-state index contributed by atoms with van der Waals surface area (Å²) in [5.74, 6) is -1.59. The highest BCUT2D eigenvalue weighted by Gasteiger charge is 2.66. The van der Waals surface area contributed by atoms with Gasteiger partial charge in [0, 0.05) is 40.1 Å². The highest BCUT2D eigenvalue weighted by Crippen LogP contribution is 2.62. The Bertz CT molecular complexity index is 1560. The topological polar surface area (TPSA) is 21.2 Å². The summed E-state index contributed by atoms with van der Waals surface area (Å²) in [5, 5.41) is 1.15. The summed E-state index contributed by atoms with van der Waals surface area (Å²) < 4.78 is 34.1. The molecule has 0 radical (unpaired) electrons. The molecule has 6 rings (SSSR count). The molecule has 2 aliphatic rings. The summed E-state index contributed by atoms with van der Waals surface area (Å²) in [7, 11) is 0. The average Bonchev–Trinajstić information content (AvgIpc) is 3.06. The first-order chi connectivity index (χ1) is 16.3. The zero-order valence-corrected chi connectivity index (χ0v) is 22.2. The van der Waals surface area contributed by atoms with E-state index in [1.807, 2.05) is 0 Å². The monoisotopic (exact) mass is 476 g/mol. The number of fused-ring (bicyclic) bond motifs is 6. The number of hydrogen-bond acceptors (Lipinski definition) is 1. The molecular weight excluding hydrogens is 440 g/mol. The van der Waals surface area contributed by atoms with Crippen LogP contribution in [0.2, 0.25) is 0 Å². The van der Waals surface area contributed by atoms with E-state index in [1.165, 1.54) is 17.7 Å². The Balaban J connectivity index is 1.98. The number of benzene rings is 1. The van der Waals surface area contributed by atoms with Crippen molar-refractivity contribution >= 4 is 27.6 Å². The molecule has 2 atom stereocenters. The molecule has 0 spiro atoms. The van der Waals surface area contributed by atoms with Crippen molar-refractivity contribution in [1.82, 2.24) is 9.38 Å². The zero-order chi connectivity index (χ0) is 25.3. The lowest BCUT2D eigenvalue weighted by molar-refractivity contribution is -0.748. The molecule has 184 valence electrons. The molecule has 3 aromatic heterocycles. The minimum absolute atomic E-state index is 0.0521. The molecule has 4 heterocycles. The second kappa shape index (κ2) is 6.60. The predicted octanol–water partition coefficient (Wildman–Crippen LogP) is 7.36. The van der Waals surface area contributed by atoms with Crippen LogP contribution in [0.15, 0.2) is 24.3 Å². The fraction of sp³-hybridized carbons (Fsp3) is 0.533. The second-order valence-electron chi connectivity index (χ2n) is 12.9. The fourth-order valence-electron chi connectivity index (χ4n) is 7.32. The van der Waals surface area contributed by atoms with E-state index < -0.39 is 11.6 Å². The summed E-state index contributed by atoms with van der Waals surface area (Å²) in [6, 6.07) is 7.38. The summed E-state index contributed by atoms with van der Waals surface area (Å²) >= 11 is 0. The van der Waals surface area contributed by atoms with E-state index in [4.69, 9.17) is 4.98 Å². The Morgan fingerprint density at radius 3 is 2.14 bits per heavy atom. The predicted molar refractivity (Wildman–Crippen MR) is 137 cm³/mol. The van der Waals surface area contributed by atoms with Crippen molar-refractivity contribution in [2.24, 2.45) is 0 Å². The van der Waals surface area contributed by atoms with Gasteiger partial charge < -0.3 is 0 Å². The van der Waals surface area contributed by atoms with Crippen LogP contribution < -0.4 is 4.57 Å². The van der Waals surface area contributed by atoms with Crippen molar-refractivity contribution in [1.29, 1.82) is 0 Å². The van der Waals surface area contributed by atoms with E-state index >= 15 is 0 Å². The van der Waals surface area contributed by atoms with Crippen LogP contribution in [0, 0.1) is 11.6 Å². The molecule has 1 saturated carbocycles. The molecule has 1 fully saturated rings. The van der Waals surface area contributed by atoms with E-state index in [-0.39, 0.29) is 21.8 Å². The van der Waals surface area contributed by atoms with Gasteiger partial charge in [-0.2, -0.15) is 4.40 Å². The van der Waals surface area contributed by atoms with Gasteiger partial charge in [0.25, 0.3) is 5.65 Å². The molecular formula is C30H36F2N3+. The third kappa shape index (κ3) is 2.55. The number of rotatable bonds is 2. The van der Waals surface area contributed by atoms with Crippen LogP contribution in [0.25, 0.3) is 27.6 Å². The van der Waals surface area contributed by atoms with Gasteiger partial charge in [-0.15, -0.1) is 0 Å². The highest BCUT2D eigenvalue weighted by atomic mass is 19.2. The standard InChI is InChI=1S/C30H36F2N3/c1-9-29-11-12-30(29,10-2)35-22-15-19(32)18(31)14-21(22)34-24(28(6,7)8)16-20-25(26(34)35)17(29)13-23(33-20)27(3,4)5/h13-16H,9-12H2,1-8H3/q+1. The van der Waals surface area contributed by atoms with Crippen molar-refractivity contribution < 1.29 is 13.3 Å². The average molecular weight is 477 g/mol. The molecule has 5 heteroatoms. The second-order valence-corrected chi connectivity index (χ2v) is 12.9. The number of pyridine rings is 2. The number of aromatic nitrogens is 3. The Morgan fingerprint density at radius 2 is 1.60 bits per heavy atom. The Labute approximate surface area is 206 Å². The molecule has 1 aliphatic carbocycles. The molecule has 4 aromatic rings. The molecule has 0 bridgehead atoms. The van der Waals surface area contributed by atoms with Gasteiger partial charge in [-0.05, 0) is 37.3 Å². The molecule has 0 amide bonds. The van der Waals surface area contributed by atoms with Crippen LogP contribution in [0.1, 0.15) is 98.0 Å². The van der Waals surface area contributed by atoms with Gasteiger partial charge in [0.2, 0.25) is 0 Å². The van der Waals surface area contributed by atoms with Crippen LogP contribution in [0.4, 0.5) is 8.78 Å². The fourth-order valence-corrected chi connectivity index (χ4v) is 7.32. The van der Waals surface area contributed by atoms with Gasteiger partial charge in [-0.25, -0.2) is 13.3 Å². The van der Waals surface area contributed by atoms with Gasteiger partial charge in [0.15, 0.2) is 22.7 Å². The Kier molecular flexibility index (Phi) is 4.31. The summed E-state index contributed by atoms with van der Waals surface area (Å²) in [5.41, 5.74) is 6.57. The maximum atomic E-state index is 14.8. The lowest BCUT2D eigenvalue weighted by Gasteiger charge is -2.59. The lowest BCUT2D eigenvalue weighted by Crippen LogP contribution is -2.74. The van der Waals surface area contributed by atoms with Crippen molar-refractivity contribution in [3.63, 3.8) is 0 Å². The van der Waals surface area contributed by atoms with Crippen molar-refractivity contribution in [2.75, 3.05) is 0 Å². The van der Waals surface area contributed by atoms with Gasteiger partial charge in [0.05, 0.1) is 10.9 Å². The maximum absolute atomic E-state index is 14.8. The van der Waals surface area contributed by atoms with Crippen molar-refractivity contribution in [3.8, 4) is 0 Å². The first-order valence-corrected chi connectivity index (χ1v) is 13.1. The molecule has 3 nitrogen and oxygen atoms in total. The molecule has 1 aliphatic heterocycles. The summed E-state index contributed by atoms with van der Waals surface area (Å²) in [4.78, 5) is 5.23.